The molecule has 0 heterocycles. The Labute approximate surface area is 193 Å². The van der Waals surface area contributed by atoms with Crippen LogP contribution in [-0.4, -0.2) is 35.9 Å². The molecule has 1 aliphatic carbocycles. The van der Waals surface area contributed by atoms with Crippen LogP contribution in [0.4, 0.5) is 0 Å². The average molecular weight is 463 g/mol. The molecule has 0 aliphatic heterocycles. The lowest BCUT2D eigenvalue weighted by molar-refractivity contribution is -0.140. The number of nitrogens with one attached hydrogen (secondary N) is 1. The molecule has 0 bridgehead atoms. The SMILES string of the molecule is COc1cccc(CN(C(=O)Cc2ccc(Cl)cc2Cl)[C@@H](C)C(=O)NC2CCCC2)c1. The Morgan fingerprint density at radius 2 is 1.90 bits per heavy atom. The molecule has 0 unspecified atom stereocenters. The summed E-state index contributed by atoms with van der Waals surface area (Å²) in [7, 11) is 1.60. The van der Waals surface area contributed by atoms with Gasteiger partial charge in [-0.25, -0.2) is 0 Å². The van der Waals surface area contributed by atoms with Crippen LogP contribution in [-0.2, 0) is 22.6 Å². The lowest BCUT2D eigenvalue weighted by Crippen LogP contribution is -2.50. The van der Waals surface area contributed by atoms with Gasteiger partial charge in [-0.1, -0.05) is 54.2 Å². The number of methoxy groups -OCH3 is 1. The van der Waals surface area contributed by atoms with Gasteiger partial charge in [0.15, 0.2) is 0 Å². The molecule has 3 rings (SSSR count). The van der Waals surface area contributed by atoms with E-state index in [4.69, 9.17) is 27.9 Å². The van der Waals surface area contributed by atoms with Crippen LogP contribution in [0, 0.1) is 0 Å². The zero-order valence-electron chi connectivity index (χ0n) is 17.9. The summed E-state index contributed by atoms with van der Waals surface area (Å²) in [5.74, 6) is 0.389. The highest BCUT2D eigenvalue weighted by molar-refractivity contribution is 6.35. The Kier molecular flexibility index (Phi) is 8.22. The molecule has 1 atom stereocenters. The molecule has 31 heavy (non-hydrogen) atoms. The predicted octanol–water partition coefficient (Wildman–Crippen LogP) is 5.02. The van der Waals surface area contributed by atoms with E-state index in [1.165, 1.54) is 0 Å². The smallest absolute Gasteiger partial charge is 0.242 e. The van der Waals surface area contributed by atoms with Crippen molar-refractivity contribution in [1.29, 1.82) is 0 Å². The number of ether oxygens (including phenoxy) is 1. The number of amides is 2. The second-order valence-corrected chi connectivity index (χ2v) is 8.80. The molecule has 0 radical (unpaired) electrons. The highest BCUT2D eigenvalue weighted by atomic mass is 35.5. The van der Waals surface area contributed by atoms with Crippen molar-refractivity contribution in [2.24, 2.45) is 0 Å². The molecule has 2 amide bonds. The van der Waals surface area contributed by atoms with Crippen LogP contribution in [0.5, 0.6) is 5.75 Å². The minimum absolute atomic E-state index is 0.0843. The van der Waals surface area contributed by atoms with E-state index in [1.54, 1.807) is 37.1 Å². The number of halogens is 2. The van der Waals surface area contributed by atoms with E-state index >= 15 is 0 Å². The largest absolute Gasteiger partial charge is 0.497 e. The molecule has 166 valence electrons. The molecule has 2 aromatic carbocycles. The standard InChI is InChI=1S/C24H28Cl2N2O3/c1-16(24(30)27-20-7-3-4-8-20)28(15-17-6-5-9-21(12-17)31-2)23(29)13-18-10-11-19(25)14-22(18)26/h5-6,9-12,14,16,20H,3-4,7-8,13,15H2,1-2H3,(H,27,30)/t16-/m0/s1. The van der Waals surface area contributed by atoms with Crippen molar-refractivity contribution in [3.63, 3.8) is 0 Å². The second kappa shape index (κ2) is 10.9. The molecule has 0 aromatic heterocycles. The maximum Gasteiger partial charge on any atom is 0.242 e. The molecular weight excluding hydrogens is 435 g/mol. The molecule has 1 aliphatic rings. The summed E-state index contributed by atoms with van der Waals surface area (Å²) in [5, 5.41) is 4.05. The fraction of sp³-hybridized carbons (Fsp3) is 0.417. The summed E-state index contributed by atoms with van der Waals surface area (Å²) >= 11 is 12.3. The Morgan fingerprint density at radius 1 is 1.16 bits per heavy atom. The van der Waals surface area contributed by atoms with Crippen LogP contribution < -0.4 is 10.1 Å². The summed E-state index contributed by atoms with van der Waals surface area (Å²) in [5.41, 5.74) is 1.56. The van der Waals surface area contributed by atoms with Crippen molar-refractivity contribution in [2.45, 2.75) is 57.7 Å². The molecule has 1 N–H and O–H groups in total. The molecule has 1 saturated carbocycles. The van der Waals surface area contributed by atoms with Crippen molar-refractivity contribution in [3.8, 4) is 5.75 Å². The van der Waals surface area contributed by atoms with Gasteiger partial charge in [0.1, 0.15) is 11.8 Å². The monoisotopic (exact) mass is 462 g/mol. The normalized spacial score (nSPS) is 14.8. The Hall–Kier alpha value is -2.24. The van der Waals surface area contributed by atoms with Gasteiger partial charge in [-0.15, -0.1) is 0 Å². The van der Waals surface area contributed by atoms with Gasteiger partial charge in [0.05, 0.1) is 13.5 Å². The Balaban J connectivity index is 1.80. The number of rotatable bonds is 8. The van der Waals surface area contributed by atoms with E-state index in [1.807, 2.05) is 24.3 Å². The van der Waals surface area contributed by atoms with Crippen molar-refractivity contribution in [1.82, 2.24) is 10.2 Å². The van der Waals surface area contributed by atoms with Crippen LogP contribution in [0.3, 0.4) is 0 Å². The zero-order chi connectivity index (χ0) is 22.4. The summed E-state index contributed by atoms with van der Waals surface area (Å²) in [6, 6.07) is 12.1. The topological polar surface area (TPSA) is 58.6 Å². The summed E-state index contributed by atoms with van der Waals surface area (Å²) in [4.78, 5) is 27.9. The number of nitrogens with zero attached hydrogens (tertiary/aromatic N) is 1. The number of carbonyl (C=O) groups excluding carboxylic acids is 2. The van der Waals surface area contributed by atoms with Gasteiger partial charge in [-0.05, 0) is 55.2 Å². The van der Waals surface area contributed by atoms with Gasteiger partial charge in [0.2, 0.25) is 11.8 Å². The van der Waals surface area contributed by atoms with Crippen molar-refractivity contribution >= 4 is 35.0 Å². The van der Waals surface area contributed by atoms with Crippen molar-refractivity contribution in [2.75, 3.05) is 7.11 Å². The number of hydrogen-bond donors (Lipinski definition) is 1. The maximum absolute atomic E-state index is 13.3. The van der Waals surface area contributed by atoms with Gasteiger partial charge in [0.25, 0.3) is 0 Å². The highest BCUT2D eigenvalue weighted by Crippen LogP contribution is 2.24. The van der Waals surface area contributed by atoms with Gasteiger partial charge >= 0.3 is 0 Å². The van der Waals surface area contributed by atoms with Gasteiger partial charge < -0.3 is 15.0 Å². The lowest BCUT2D eigenvalue weighted by Gasteiger charge is -2.30. The third kappa shape index (κ3) is 6.37. The van der Waals surface area contributed by atoms with Crippen LogP contribution in [0.2, 0.25) is 10.0 Å². The first kappa shape index (κ1) is 23.4. The second-order valence-electron chi connectivity index (χ2n) is 7.95. The fourth-order valence-electron chi connectivity index (χ4n) is 3.87. The van der Waals surface area contributed by atoms with E-state index < -0.39 is 6.04 Å². The van der Waals surface area contributed by atoms with E-state index in [2.05, 4.69) is 5.32 Å². The van der Waals surface area contributed by atoms with E-state index in [9.17, 15) is 9.59 Å². The van der Waals surface area contributed by atoms with Crippen LogP contribution in [0.25, 0.3) is 0 Å². The Bertz CT molecular complexity index is 929. The van der Waals surface area contributed by atoms with Crippen LogP contribution in [0.1, 0.15) is 43.7 Å². The molecular formula is C24H28Cl2N2O3. The van der Waals surface area contributed by atoms with E-state index in [0.717, 1.165) is 31.2 Å². The first-order valence-electron chi connectivity index (χ1n) is 10.5. The number of hydrogen-bond acceptors (Lipinski definition) is 3. The predicted molar refractivity (Wildman–Crippen MR) is 124 cm³/mol. The zero-order valence-corrected chi connectivity index (χ0v) is 19.4. The molecule has 0 saturated heterocycles. The summed E-state index contributed by atoms with van der Waals surface area (Å²) < 4.78 is 5.30. The molecule has 7 heteroatoms. The maximum atomic E-state index is 13.3. The number of benzene rings is 2. The lowest BCUT2D eigenvalue weighted by atomic mass is 10.1. The minimum Gasteiger partial charge on any atom is -0.497 e. The minimum atomic E-state index is -0.620. The van der Waals surface area contributed by atoms with Gasteiger partial charge in [-0.2, -0.15) is 0 Å². The summed E-state index contributed by atoms with van der Waals surface area (Å²) in [6.45, 7) is 2.06. The average Bonchev–Trinajstić information content (AvgIpc) is 3.26. The first-order valence-corrected chi connectivity index (χ1v) is 11.3. The highest BCUT2D eigenvalue weighted by Gasteiger charge is 2.29. The number of carbonyl (C=O) groups is 2. The van der Waals surface area contributed by atoms with Crippen LogP contribution >= 0.6 is 23.2 Å². The van der Waals surface area contributed by atoms with Gasteiger partial charge in [-0.3, -0.25) is 9.59 Å². The molecule has 5 nitrogen and oxygen atoms in total. The Morgan fingerprint density at radius 3 is 2.58 bits per heavy atom. The quantitative estimate of drug-likeness (QED) is 0.598. The first-order chi connectivity index (χ1) is 14.9. The molecule has 0 spiro atoms. The molecule has 2 aromatic rings. The summed E-state index contributed by atoms with van der Waals surface area (Å²) in [6.07, 6.45) is 4.31. The third-order valence-corrected chi connectivity index (χ3v) is 6.30. The van der Waals surface area contributed by atoms with E-state index in [0.29, 0.717) is 27.9 Å². The molecule has 1 fully saturated rings. The van der Waals surface area contributed by atoms with E-state index in [-0.39, 0.29) is 24.3 Å². The fourth-order valence-corrected chi connectivity index (χ4v) is 4.35. The third-order valence-electron chi connectivity index (χ3n) is 5.71. The van der Waals surface area contributed by atoms with Gasteiger partial charge in [0, 0.05) is 22.6 Å². The van der Waals surface area contributed by atoms with Crippen molar-refractivity contribution < 1.29 is 14.3 Å². The van der Waals surface area contributed by atoms with Crippen molar-refractivity contribution in [3.05, 3.63) is 63.6 Å². The van der Waals surface area contributed by atoms with Crippen LogP contribution in [0.15, 0.2) is 42.5 Å².